The number of aryl methyl sites for hydroxylation is 1. The molecule has 0 atom stereocenters. The highest BCUT2D eigenvalue weighted by molar-refractivity contribution is 5.89. The number of esters is 1. The Morgan fingerprint density at radius 1 is 0.971 bits per heavy atom. The summed E-state index contributed by atoms with van der Waals surface area (Å²) in [6, 6.07) is 20.2. The molecule has 1 aromatic heterocycles. The fourth-order valence-corrected chi connectivity index (χ4v) is 3.45. The van der Waals surface area contributed by atoms with Crippen molar-refractivity contribution in [2.45, 2.75) is 33.1 Å². The number of ether oxygens (including phenoxy) is 2. The lowest BCUT2D eigenvalue weighted by Gasteiger charge is -2.07. The molecule has 0 saturated heterocycles. The Hall–Kier alpha value is -4.12. The molecule has 0 spiro atoms. The molecule has 0 aliphatic carbocycles. The summed E-state index contributed by atoms with van der Waals surface area (Å²) in [5.41, 5.74) is 3.32. The monoisotopic (exact) mass is 454 g/mol. The van der Waals surface area contributed by atoms with Gasteiger partial charge in [-0.1, -0.05) is 57.2 Å². The third-order valence-electron chi connectivity index (χ3n) is 5.51. The molecular weight excluding hydrogens is 428 g/mol. The first-order valence-corrected chi connectivity index (χ1v) is 11.2. The van der Waals surface area contributed by atoms with Crippen molar-refractivity contribution in [1.29, 1.82) is 0 Å². The Morgan fingerprint density at radius 3 is 2.35 bits per heavy atom. The molecule has 0 fully saturated rings. The molecule has 172 valence electrons. The maximum absolute atomic E-state index is 12.8. The quantitative estimate of drug-likeness (QED) is 0.173. The smallest absolute Gasteiger partial charge is 0.336 e. The summed E-state index contributed by atoms with van der Waals surface area (Å²) in [7, 11) is 0. The minimum absolute atomic E-state index is 0.0907. The number of hydrogen-bond acceptors (Lipinski definition) is 5. The number of benzene rings is 3. The van der Waals surface area contributed by atoms with Gasteiger partial charge in [0.05, 0.1) is 5.39 Å². The lowest BCUT2D eigenvalue weighted by atomic mass is 10.0. The lowest BCUT2D eigenvalue weighted by Crippen LogP contribution is -2.06. The van der Waals surface area contributed by atoms with Crippen LogP contribution in [0.4, 0.5) is 0 Å². The zero-order valence-corrected chi connectivity index (χ0v) is 19.4. The van der Waals surface area contributed by atoms with Crippen LogP contribution < -0.4 is 14.9 Å². The minimum atomic E-state index is -0.523. The molecule has 0 saturated carbocycles. The van der Waals surface area contributed by atoms with Crippen molar-refractivity contribution >= 4 is 23.0 Å². The number of fused-ring (bicyclic) bond motifs is 1. The summed E-state index contributed by atoms with van der Waals surface area (Å²) in [6.45, 7) is 6.33. The van der Waals surface area contributed by atoms with E-state index in [4.69, 9.17) is 13.9 Å². The van der Waals surface area contributed by atoms with E-state index in [1.54, 1.807) is 18.2 Å². The Morgan fingerprint density at radius 2 is 1.68 bits per heavy atom. The van der Waals surface area contributed by atoms with Crippen LogP contribution in [0.25, 0.3) is 17.0 Å². The molecule has 34 heavy (non-hydrogen) atoms. The average Bonchev–Trinajstić information content (AvgIpc) is 2.85. The first-order chi connectivity index (χ1) is 16.4. The Kier molecular flexibility index (Phi) is 6.93. The average molecular weight is 455 g/mol. The van der Waals surface area contributed by atoms with Gasteiger partial charge in [-0.3, -0.25) is 4.79 Å². The van der Waals surface area contributed by atoms with Crippen LogP contribution >= 0.6 is 0 Å². The van der Waals surface area contributed by atoms with Gasteiger partial charge >= 0.3 is 5.97 Å². The third-order valence-corrected chi connectivity index (χ3v) is 5.51. The summed E-state index contributed by atoms with van der Waals surface area (Å²) in [5, 5.41) is 0.336. The number of hydrogen-bond donors (Lipinski definition) is 0. The van der Waals surface area contributed by atoms with E-state index in [0.29, 0.717) is 22.6 Å². The second-order valence-electron chi connectivity index (χ2n) is 8.26. The number of carbonyl (C=O) groups is 1. The zero-order chi connectivity index (χ0) is 24.1. The Balaban J connectivity index is 1.46. The Bertz CT molecular complexity index is 1380. The van der Waals surface area contributed by atoms with E-state index in [0.717, 1.165) is 12.0 Å². The second kappa shape index (κ2) is 10.2. The molecule has 5 nitrogen and oxygen atoms in total. The van der Waals surface area contributed by atoms with Gasteiger partial charge in [0.15, 0.2) is 0 Å². The van der Waals surface area contributed by atoms with Crippen LogP contribution in [0.2, 0.25) is 0 Å². The predicted molar refractivity (Wildman–Crippen MR) is 134 cm³/mol. The SMILES string of the molecule is CCc1ccc(Oc2coc3cc(OC(=O)/C=C/c4ccc(C(C)C)cc4)ccc3c2=O)cc1. The first-order valence-electron chi connectivity index (χ1n) is 11.2. The Labute approximate surface area is 198 Å². The van der Waals surface area contributed by atoms with Crippen LogP contribution in [0.1, 0.15) is 43.4 Å². The summed E-state index contributed by atoms with van der Waals surface area (Å²) in [4.78, 5) is 25.1. The van der Waals surface area contributed by atoms with Crippen molar-refractivity contribution in [2.24, 2.45) is 0 Å². The third kappa shape index (κ3) is 5.44. The molecular formula is C29H26O5. The van der Waals surface area contributed by atoms with E-state index in [1.165, 1.54) is 29.5 Å². The van der Waals surface area contributed by atoms with Gasteiger partial charge in [-0.25, -0.2) is 4.79 Å². The van der Waals surface area contributed by atoms with Crippen LogP contribution in [-0.4, -0.2) is 5.97 Å². The zero-order valence-electron chi connectivity index (χ0n) is 19.4. The molecule has 5 heteroatoms. The molecule has 0 aliphatic heterocycles. The van der Waals surface area contributed by atoms with Crippen molar-refractivity contribution in [3.05, 3.63) is 106 Å². The fourth-order valence-electron chi connectivity index (χ4n) is 3.45. The fraction of sp³-hybridized carbons (Fsp3) is 0.172. The van der Waals surface area contributed by atoms with Gasteiger partial charge in [0.25, 0.3) is 0 Å². The molecule has 1 heterocycles. The van der Waals surface area contributed by atoms with Gasteiger partial charge in [-0.2, -0.15) is 0 Å². The van der Waals surface area contributed by atoms with Crippen LogP contribution in [-0.2, 0) is 11.2 Å². The van der Waals surface area contributed by atoms with Gasteiger partial charge in [0.2, 0.25) is 11.2 Å². The summed E-state index contributed by atoms with van der Waals surface area (Å²) in [5.74, 6) is 0.855. The van der Waals surface area contributed by atoms with Gasteiger partial charge < -0.3 is 13.9 Å². The molecule has 0 bridgehead atoms. The van der Waals surface area contributed by atoms with E-state index in [2.05, 4.69) is 20.8 Å². The van der Waals surface area contributed by atoms with E-state index in [1.807, 2.05) is 48.5 Å². The van der Waals surface area contributed by atoms with Crippen LogP contribution in [0.3, 0.4) is 0 Å². The van der Waals surface area contributed by atoms with Crippen LogP contribution in [0.5, 0.6) is 17.2 Å². The largest absolute Gasteiger partial charge is 0.460 e. The van der Waals surface area contributed by atoms with Crippen LogP contribution in [0.15, 0.2) is 88.3 Å². The highest BCUT2D eigenvalue weighted by Gasteiger charge is 2.11. The highest BCUT2D eigenvalue weighted by atomic mass is 16.5. The second-order valence-corrected chi connectivity index (χ2v) is 8.26. The molecule has 0 aliphatic rings. The highest BCUT2D eigenvalue weighted by Crippen LogP contribution is 2.24. The predicted octanol–water partition coefficient (Wildman–Crippen LogP) is 6.89. The van der Waals surface area contributed by atoms with Gasteiger partial charge in [-0.05, 0) is 59.4 Å². The van der Waals surface area contributed by atoms with Crippen LogP contribution in [0, 0.1) is 0 Å². The van der Waals surface area contributed by atoms with Crippen molar-refractivity contribution in [3.63, 3.8) is 0 Å². The van der Waals surface area contributed by atoms with Crippen molar-refractivity contribution in [3.8, 4) is 17.2 Å². The maximum atomic E-state index is 12.8. The van der Waals surface area contributed by atoms with Gasteiger partial charge in [-0.15, -0.1) is 0 Å². The van der Waals surface area contributed by atoms with Gasteiger partial charge in [0.1, 0.15) is 23.3 Å². The normalized spacial score (nSPS) is 11.3. The first kappa shape index (κ1) is 23.1. The van der Waals surface area contributed by atoms with E-state index in [-0.39, 0.29) is 16.9 Å². The van der Waals surface area contributed by atoms with Gasteiger partial charge in [0, 0.05) is 12.1 Å². The standard InChI is InChI=1S/C29H26O5/c1-4-20-7-12-23(13-8-20)33-27-18-32-26-17-24(14-15-25(26)29(27)31)34-28(30)16-9-21-5-10-22(11-6-21)19(2)3/h5-19H,4H2,1-3H3/b16-9+. The molecule has 0 unspecified atom stereocenters. The summed E-state index contributed by atoms with van der Waals surface area (Å²) < 4.78 is 16.7. The lowest BCUT2D eigenvalue weighted by molar-refractivity contribution is -0.128. The minimum Gasteiger partial charge on any atom is -0.460 e. The summed E-state index contributed by atoms with van der Waals surface area (Å²) in [6.07, 6.45) is 5.26. The molecule has 0 amide bonds. The molecule has 4 aromatic rings. The summed E-state index contributed by atoms with van der Waals surface area (Å²) >= 11 is 0. The molecule has 0 radical (unpaired) electrons. The van der Waals surface area contributed by atoms with E-state index < -0.39 is 5.97 Å². The molecule has 3 aromatic carbocycles. The molecule has 4 rings (SSSR count). The maximum Gasteiger partial charge on any atom is 0.336 e. The van der Waals surface area contributed by atoms with E-state index >= 15 is 0 Å². The topological polar surface area (TPSA) is 65.7 Å². The van der Waals surface area contributed by atoms with Crippen molar-refractivity contribution in [1.82, 2.24) is 0 Å². The van der Waals surface area contributed by atoms with E-state index in [9.17, 15) is 9.59 Å². The number of rotatable bonds is 7. The van der Waals surface area contributed by atoms with Crippen molar-refractivity contribution < 1.29 is 18.7 Å². The number of carbonyl (C=O) groups excluding carboxylic acids is 1. The molecule has 0 N–H and O–H groups in total. The van der Waals surface area contributed by atoms with Crippen molar-refractivity contribution in [2.75, 3.05) is 0 Å².